The Morgan fingerprint density at radius 3 is 1.65 bits per heavy atom. The Morgan fingerprint density at radius 2 is 0.919 bits per heavy atom. The molecule has 3 heterocycles. The third-order valence-corrected chi connectivity index (χ3v) is 12.5. The standard InChI is InChI=1S/C57H36N4S/c1-4-16-37(17-5-1)40-22-14-23-43(34-40)56-58-55(39-20-8-3-9-21-39)59-57(60-56)49-36-41(30-32-52(49)61-50-28-12-10-24-45(50)46-25-11-13-29-51(46)61)42-31-33-53-48(35-42)47-27-15-26-44(54(47)62-53)38-18-6-2-7-19-38/h1-36H/i10D,11D,12D,13D,24D,25D,28D,29D. The van der Waals surface area contributed by atoms with E-state index in [-0.39, 0.29) is 27.6 Å². The first-order valence-corrected chi connectivity index (χ1v) is 21.0. The molecule has 62 heavy (non-hydrogen) atoms. The van der Waals surface area contributed by atoms with E-state index in [0.29, 0.717) is 22.9 Å². The van der Waals surface area contributed by atoms with Crippen molar-refractivity contribution in [1.29, 1.82) is 0 Å². The predicted molar refractivity (Wildman–Crippen MR) is 260 cm³/mol. The summed E-state index contributed by atoms with van der Waals surface area (Å²) in [5, 5.41) is 2.17. The number of para-hydroxylation sites is 2. The molecule has 0 saturated heterocycles. The molecule has 0 saturated carbocycles. The molecular formula is C57H36N4S. The van der Waals surface area contributed by atoms with Crippen molar-refractivity contribution in [3.05, 3.63) is 218 Å². The molecule has 12 rings (SSSR count). The average Bonchev–Trinajstić information content (AvgIpc) is 3.98. The van der Waals surface area contributed by atoms with Crippen LogP contribution in [0.2, 0.25) is 0 Å². The van der Waals surface area contributed by atoms with E-state index in [9.17, 15) is 2.74 Å². The number of rotatable bonds is 7. The predicted octanol–water partition coefficient (Wildman–Crippen LogP) is 15.3. The zero-order valence-electron chi connectivity index (χ0n) is 40.9. The highest BCUT2D eigenvalue weighted by Crippen LogP contribution is 2.43. The van der Waals surface area contributed by atoms with Crippen LogP contribution in [0, 0.1) is 0 Å². The zero-order valence-corrected chi connectivity index (χ0v) is 33.7. The third-order valence-electron chi connectivity index (χ3n) is 11.3. The molecule has 5 heteroatoms. The Morgan fingerprint density at radius 1 is 0.371 bits per heavy atom. The number of hydrogen-bond donors (Lipinski definition) is 0. The first-order chi connectivity index (χ1) is 34.0. The van der Waals surface area contributed by atoms with Crippen LogP contribution in [-0.2, 0) is 0 Å². The van der Waals surface area contributed by atoms with Crippen molar-refractivity contribution in [1.82, 2.24) is 19.5 Å². The summed E-state index contributed by atoms with van der Waals surface area (Å²) in [7, 11) is 0. The fourth-order valence-corrected chi connectivity index (χ4v) is 9.60. The second kappa shape index (κ2) is 14.9. The summed E-state index contributed by atoms with van der Waals surface area (Å²) in [5.74, 6) is 0.995. The molecule has 0 unspecified atom stereocenters. The lowest BCUT2D eigenvalue weighted by Crippen LogP contribution is -2.04. The smallest absolute Gasteiger partial charge is 0.166 e. The van der Waals surface area contributed by atoms with Crippen molar-refractivity contribution in [2.24, 2.45) is 0 Å². The highest BCUT2D eigenvalue weighted by molar-refractivity contribution is 7.26. The topological polar surface area (TPSA) is 43.6 Å². The molecule has 0 aliphatic heterocycles. The minimum Gasteiger partial charge on any atom is -0.309 e. The maximum atomic E-state index is 9.36. The van der Waals surface area contributed by atoms with E-state index in [1.165, 1.54) is 9.27 Å². The minimum atomic E-state index is -0.515. The summed E-state index contributed by atoms with van der Waals surface area (Å²) in [6, 6.07) is 52.7. The van der Waals surface area contributed by atoms with Crippen molar-refractivity contribution in [2.45, 2.75) is 0 Å². The lowest BCUT2D eigenvalue weighted by atomic mass is 9.98. The van der Waals surface area contributed by atoms with E-state index in [1.807, 2.05) is 121 Å². The maximum absolute atomic E-state index is 9.36. The fraction of sp³-hybridized carbons (Fsp3) is 0. The van der Waals surface area contributed by atoms with Gasteiger partial charge in [0.25, 0.3) is 0 Å². The van der Waals surface area contributed by atoms with Gasteiger partial charge in [0, 0.05) is 47.6 Å². The third kappa shape index (κ3) is 6.18. The number of thiophene rings is 1. The van der Waals surface area contributed by atoms with E-state index >= 15 is 0 Å². The van der Waals surface area contributed by atoms with Crippen LogP contribution >= 0.6 is 11.3 Å². The molecule has 3 aromatic heterocycles. The van der Waals surface area contributed by atoms with Crippen LogP contribution in [0.5, 0.6) is 0 Å². The maximum Gasteiger partial charge on any atom is 0.166 e. The van der Waals surface area contributed by atoms with Crippen LogP contribution in [0.4, 0.5) is 0 Å². The number of fused-ring (bicyclic) bond motifs is 6. The van der Waals surface area contributed by atoms with E-state index in [4.69, 9.17) is 23.2 Å². The zero-order chi connectivity index (χ0) is 47.9. The molecule has 0 aliphatic carbocycles. The number of hydrogen-bond acceptors (Lipinski definition) is 4. The fourth-order valence-electron chi connectivity index (χ4n) is 8.38. The molecular weight excluding hydrogens is 773 g/mol. The monoisotopic (exact) mass is 816 g/mol. The van der Waals surface area contributed by atoms with Crippen LogP contribution in [-0.4, -0.2) is 19.5 Å². The van der Waals surface area contributed by atoms with Gasteiger partial charge in [-0.25, -0.2) is 15.0 Å². The van der Waals surface area contributed by atoms with Gasteiger partial charge >= 0.3 is 0 Å². The first kappa shape index (κ1) is 28.5. The van der Waals surface area contributed by atoms with E-state index < -0.39 is 48.3 Å². The second-order valence-corrected chi connectivity index (χ2v) is 16.0. The van der Waals surface area contributed by atoms with Crippen LogP contribution in [0.25, 0.3) is 115 Å². The lowest BCUT2D eigenvalue weighted by Gasteiger charge is -2.16. The summed E-state index contributed by atoms with van der Waals surface area (Å²) >= 11 is 1.74. The van der Waals surface area contributed by atoms with Crippen LogP contribution in [0.3, 0.4) is 0 Å². The van der Waals surface area contributed by atoms with Crippen molar-refractivity contribution in [2.75, 3.05) is 0 Å². The van der Waals surface area contributed by atoms with Crippen LogP contribution in [0.1, 0.15) is 11.0 Å². The highest BCUT2D eigenvalue weighted by atomic mass is 32.1. The van der Waals surface area contributed by atoms with Gasteiger partial charge in [0.15, 0.2) is 17.5 Å². The molecule has 0 aliphatic rings. The summed E-state index contributed by atoms with van der Waals surface area (Å²) in [6.07, 6.45) is 0. The second-order valence-electron chi connectivity index (χ2n) is 15.0. The molecule has 12 aromatic rings. The normalized spacial score (nSPS) is 13.4. The van der Waals surface area contributed by atoms with Gasteiger partial charge in [-0.15, -0.1) is 11.3 Å². The van der Waals surface area contributed by atoms with Gasteiger partial charge in [-0.2, -0.15) is 0 Å². The molecule has 0 radical (unpaired) electrons. The van der Waals surface area contributed by atoms with Gasteiger partial charge in [-0.05, 0) is 75.8 Å². The lowest BCUT2D eigenvalue weighted by molar-refractivity contribution is 1.06. The molecule has 0 bridgehead atoms. The van der Waals surface area contributed by atoms with Gasteiger partial charge in [0.05, 0.1) is 27.7 Å². The first-order valence-electron chi connectivity index (χ1n) is 24.2. The number of benzene rings is 9. The van der Waals surface area contributed by atoms with Gasteiger partial charge in [-0.1, -0.05) is 176 Å². The van der Waals surface area contributed by atoms with Gasteiger partial charge in [0.1, 0.15) is 0 Å². The van der Waals surface area contributed by atoms with E-state index in [2.05, 4.69) is 48.5 Å². The van der Waals surface area contributed by atoms with Gasteiger partial charge in [0.2, 0.25) is 0 Å². The summed E-state index contributed by atoms with van der Waals surface area (Å²) < 4.78 is 75.9. The average molecular weight is 817 g/mol. The molecule has 4 nitrogen and oxygen atoms in total. The number of aromatic nitrogens is 4. The van der Waals surface area contributed by atoms with Crippen molar-refractivity contribution < 1.29 is 11.0 Å². The Kier molecular flexibility index (Phi) is 6.86. The molecule has 0 N–H and O–H groups in total. The summed E-state index contributed by atoms with van der Waals surface area (Å²) in [5.41, 5.74) is 8.17. The van der Waals surface area contributed by atoms with Gasteiger partial charge in [-0.3, -0.25) is 0 Å². The Labute approximate surface area is 374 Å². The molecule has 0 spiro atoms. The quantitative estimate of drug-likeness (QED) is 0.161. The van der Waals surface area contributed by atoms with Crippen LogP contribution < -0.4 is 0 Å². The van der Waals surface area contributed by atoms with Crippen LogP contribution in [0.15, 0.2) is 218 Å². The SMILES string of the molecule is [2H]c1c([2H])c([2H])c2c(c1[2H])c1c([2H])c([2H])c([2H])c([2H])c1n2-c1ccc(-c2ccc3sc4c(-c5ccccc5)cccc4c3c2)cc1-c1nc(-c2ccccc2)nc(-c2cccc(-c3ccccc3)c2)n1. The molecule has 0 fully saturated rings. The minimum absolute atomic E-state index is 0.00416. The Balaban J connectivity index is 1.17. The molecule has 9 aromatic carbocycles. The molecule has 0 amide bonds. The Bertz CT molecular complexity index is 4030. The Hall–Kier alpha value is -7.99. The molecule has 0 atom stereocenters. The highest BCUT2D eigenvalue weighted by Gasteiger charge is 2.21. The summed E-state index contributed by atoms with van der Waals surface area (Å²) in [4.78, 5) is 15.5. The number of nitrogens with zero attached hydrogens (tertiary/aromatic N) is 4. The van der Waals surface area contributed by atoms with Crippen molar-refractivity contribution in [3.8, 4) is 73.2 Å². The van der Waals surface area contributed by atoms with E-state index in [0.717, 1.165) is 60.0 Å². The largest absolute Gasteiger partial charge is 0.309 e. The van der Waals surface area contributed by atoms with E-state index in [1.54, 1.807) is 11.3 Å². The summed E-state index contributed by atoms with van der Waals surface area (Å²) in [6.45, 7) is 0. The molecule has 290 valence electrons. The van der Waals surface area contributed by atoms with Gasteiger partial charge < -0.3 is 4.57 Å². The van der Waals surface area contributed by atoms with Crippen molar-refractivity contribution in [3.63, 3.8) is 0 Å². The van der Waals surface area contributed by atoms with Crippen molar-refractivity contribution >= 4 is 53.3 Å².